The molecule has 2 atom stereocenters. The number of hydrazine groups is 1. The molecule has 1 heterocycles. The fourth-order valence-corrected chi connectivity index (χ4v) is 2.76. The van der Waals surface area contributed by atoms with E-state index < -0.39 is 0 Å². The van der Waals surface area contributed by atoms with Gasteiger partial charge in [-0.15, -0.1) is 0 Å². The van der Waals surface area contributed by atoms with Crippen molar-refractivity contribution in [2.24, 2.45) is 11.8 Å². The number of hydrogen-bond acceptors (Lipinski definition) is 3. The van der Waals surface area contributed by atoms with Crippen molar-refractivity contribution in [1.29, 1.82) is 0 Å². The van der Waals surface area contributed by atoms with Crippen molar-refractivity contribution >= 4 is 15.9 Å². The second-order valence-electron chi connectivity index (χ2n) is 4.78. The molecule has 1 fully saturated rings. The third kappa shape index (κ3) is 3.75. The zero-order valence-electron chi connectivity index (χ0n) is 10.2. The van der Waals surface area contributed by atoms with E-state index in [1.165, 1.54) is 6.07 Å². The molecule has 1 aromatic carbocycles. The lowest BCUT2D eigenvalue weighted by molar-refractivity contribution is 0.181. The monoisotopic (exact) mass is 316 g/mol. The van der Waals surface area contributed by atoms with Crippen LogP contribution >= 0.6 is 15.9 Å². The summed E-state index contributed by atoms with van der Waals surface area (Å²) in [5.41, 5.74) is 3.92. The molecule has 2 unspecified atom stereocenters. The molecule has 5 heteroatoms. The average Bonchev–Trinajstić information content (AvgIpc) is 2.86. The van der Waals surface area contributed by atoms with Crippen LogP contribution in [-0.4, -0.2) is 19.3 Å². The van der Waals surface area contributed by atoms with Crippen LogP contribution in [0.3, 0.4) is 0 Å². The summed E-state index contributed by atoms with van der Waals surface area (Å²) in [4.78, 5) is 0. The van der Waals surface area contributed by atoms with Crippen LogP contribution in [0.2, 0.25) is 0 Å². The van der Waals surface area contributed by atoms with Crippen molar-refractivity contribution in [2.75, 3.05) is 13.2 Å². The van der Waals surface area contributed by atoms with Crippen LogP contribution in [0.5, 0.6) is 0 Å². The molecule has 1 aliphatic rings. The van der Waals surface area contributed by atoms with Crippen LogP contribution in [0, 0.1) is 11.7 Å². The number of ether oxygens (including phenoxy) is 1. The molecule has 0 saturated carbocycles. The topological polar surface area (TPSA) is 47.3 Å². The molecule has 0 amide bonds. The highest BCUT2D eigenvalue weighted by Crippen LogP contribution is 2.22. The molecule has 0 radical (unpaired) electrons. The number of nitrogens with two attached hydrogens (primary N) is 1. The molecule has 18 heavy (non-hydrogen) atoms. The minimum Gasteiger partial charge on any atom is -0.381 e. The van der Waals surface area contributed by atoms with Gasteiger partial charge in [0.1, 0.15) is 5.82 Å². The van der Waals surface area contributed by atoms with Crippen molar-refractivity contribution in [3.8, 4) is 0 Å². The maximum absolute atomic E-state index is 13.1. The van der Waals surface area contributed by atoms with Gasteiger partial charge in [0.2, 0.25) is 0 Å². The fraction of sp³-hybridized carbons (Fsp3) is 0.538. The summed E-state index contributed by atoms with van der Waals surface area (Å²) in [6.07, 6.45) is 2.89. The van der Waals surface area contributed by atoms with E-state index in [2.05, 4.69) is 21.4 Å². The summed E-state index contributed by atoms with van der Waals surface area (Å²) < 4.78 is 19.0. The molecule has 0 aromatic heterocycles. The largest absolute Gasteiger partial charge is 0.381 e. The molecule has 3 nitrogen and oxygen atoms in total. The third-order valence-corrected chi connectivity index (χ3v) is 3.95. The maximum Gasteiger partial charge on any atom is 0.137 e. The summed E-state index contributed by atoms with van der Waals surface area (Å²) in [6, 6.07) is 5.29. The first-order valence-electron chi connectivity index (χ1n) is 6.17. The van der Waals surface area contributed by atoms with E-state index in [4.69, 9.17) is 10.6 Å². The van der Waals surface area contributed by atoms with Gasteiger partial charge in [-0.25, -0.2) is 4.39 Å². The minimum atomic E-state index is -0.236. The third-order valence-electron chi connectivity index (χ3n) is 3.34. The highest BCUT2D eigenvalue weighted by Gasteiger charge is 2.20. The van der Waals surface area contributed by atoms with E-state index in [-0.39, 0.29) is 11.9 Å². The predicted octanol–water partition coefficient (Wildman–Crippen LogP) is 2.39. The maximum atomic E-state index is 13.1. The standard InChI is InChI=1S/C13H18BrFN2O/c14-12-7-9(1-2-13(12)15)5-11(17-16)6-10-3-4-18-8-10/h1-2,7,10-11,17H,3-6,8,16H2. The van der Waals surface area contributed by atoms with E-state index in [0.717, 1.165) is 38.0 Å². The van der Waals surface area contributed by atoms with E-state index in [0.29, 0.717) is 10.4 Å². The van der Waals surface area contributed by atoms with Crippen molar-refractivity contribution < 1.29 is 9.13 Å². The Morgan fingerprint density at radius 2 is 2.39 bits per heavy atom. The number of hydrogen-bond donors (Lipinski definition) is 2. The van der Waals surface area contributed by atoms with Crippen LogP contribution in [0.4, 0.5) is 4.39 Å². The van der Waals surface area contributed by atoms with Gasteiger partial charge in [-0.3, -0.25) is 11.3 Å². The second-order valence-corrected chi connectivity index (χ2v) is 5.64. The molecule has 0 aliphatic carbocycles. The summed E-state index contributed by atoms with van der Waals surface area (Å²) >= 11 is 3.20. The smallest absolute Gasteiger partial charge is 0.137 e. The Hall–Kier alpha value is -0.490. The van der Waals surface area contributed by atoms with Crippen molar-refractivity contribution in [3.05, 3.63) is 34.1 Å². The summed E-state index contributed by atoms with van der Waals surface area (Å²) in [7, 11) is 0. The first-order chi connectivity index (χ1) is 8.69. The Labute approximate surface area is 115 Å². The van der Waals surface area contributed by atoms with Crippen LogP contribution in [0.25, 0.3) is 0 Å². The summed E-state index contributed by atoms with van der Waals surface area (Å²) in [6.45, 7) is 1.68. The molecule has 1 saturated heterocycles. The van der Waals surface area contributed by atoms with E-state index in [9.17, 15) is 4.39 Å². The first kappa shape index (κ1) is 13.9. The Bertz CT molecular complexity index is 397. The SMILES string of the molecule is NNC(Cc1ccc(F)c(Br)c1)CC1CCOC1. The van der Waals surface area contributed by atoms with Crippen LogP contribution in [0.15, 0.2) is 22.7 Å². The lowest BCUT2D eigenvalue weighted by Crippen LogP contribution is -2.38. The molecule has 100 valence electrons. The molecule has 1 aliphatic heterocycles. The van der Waals surface area contributed by atoms with Crippen LogP contribution in [0.1, 0.15) is 18.4 Å². The van der Waals surface area contributed by atoms with E-state index in [1.807, 2.05) is 6.07 Å². The Balaban J connectivity index is 1.94. The van der Waals surface area contributed by atoms with Crippen molar-refractivity contribution in [1.82, 2.24) is 5.43 Å². The van der Waals surface area contributed by atoms with Gasteiger partial charge in [0.15, 0.2) is 0 Å². The minimum absolute atomic E-state index is 0.203. The zero-order valence-corrected chi connectivity index (χ0v) is 11.7. The van der Waals surface area contributed by atoms with E-state index in [1.54, 1.807) is 6.07 Å². The average molecular weight is 317 g/mol. The number of benzene rings is 1. The lowest BCUT2D eigenvalue weighted by atomic mass is 9.95. The van der Waals surface area contributed by atoms with Gasteiger partial charge in [0, 0.05) is 19.3 Å². The highest BCUT2D eigenvalue weighted by molar-refractivity contribution is 9.10. The molecule has 0 bridgehead atoms. The van der Waals surface area contributed by atoms with Gasteiger partial charge >= 0.3 is 0 Å². The Kier molecular flexibility index (Phi) is 5.12. The van der Waals surface area contributed by atoms with Crippen molar-refractivity contribution in [3.63, 3.8) is 0 Å². The van der Waals surface area contributed by atoms with Gasteiger partial charge in [0.05, 0.1) is 4.47 Å². The number of halogens is 2. The molecule has 2 rings (SSSR count). The molecular weight excluding hydrogens is 299 g/mol. The lowest BCUT2D eigenvalue weighted by Gasteiger charge is -2.19. The molecular formula is C13H18BrFN2O. The second kappa shape index (κ2) is 6.61. The van der Waals surface area contributed by atoms with Crippen LogP contribution in [-0.2, 0) is 11.2 Å². The number of nitrogens with one attached hydrogen (secondary N) is 1. The summed E-state index contributed by atoms with van der Waals surface area (Å²) in [5.74, 6) is 5.93. The predicted molar refractivity (Wildman–Crippen MR) is 72.5 cm³/mol. The Morgan fingerprint density at radius 1 is 1.56 bits per heavy atom. The van der Waals surface area contributed by atoms with Gasteiger partial charge in [-0.1, -0.05) is 6.07 Å². The molecule has 0 spiro atoms. The van der Waals surface area contributed by atoms with Crippen molar-refractivity contribution in [2.45, 2.75) is 25.3 Å². The molecule has 1 aromatic rings. The van der Waals surface area contributed by atoms with E-state index >= 15 is 0 Å². The number of rotatable bonds is 5. The quantitative estimate of drug-likeness (QED) is 0.647. The first-order valence-corrected chi connectivity index (χ1v) is 6.96. The fourth-order valence-electron chi connectivity index (χ4n) is 2.33. The Morgan fingerprint density at radius 3 is 3.00 bits per heavy atom. The van der Waals surface area contributed by atoms with Gasteiger partial charge in [-0.2, -0.15) is 0 Å². The van der Waals surface area contributed by atoms with Gasteiger partial charge in [-0.05, 0) is 58.8 Å². The highest BCUT2D eigenvalue weighted by atomic mass is 79.9. The normalized spacial score (nSPS) is 21.2. The summed E-state index contributed by atoms with van der Waals surface area (Å²) in [5, 5.41) is 0. The van der Waals surface area contributed by atoms with Gasteiger partial charge in [0.25, 0.3) is 0 Å². The van der Waals surface area contributed by atoms with Gasteiger partial charge < -0.3 is 4.74 Å². The molecule has 3 N–H and O–H groups in total. The zero-order chi connectivity index (χ0) is 13.0. The van der Waals surface area contributed by atoms with Crippen LogP contribution < -0.4 is 11.3 Å².